The number of allylic oxidation sites excluding steroid dienone is 4. The highest BCUT2D eigenvalue weighted by molar-refractivity contribution is 5.97. The van der Waals surface area contributed by atoms with E-state index in [0.717, 1.165) is 31.3 Å². The molecule has 0 aromatic rings. The fraction of sp³-hybridized carbons (Fsp3) is 0.545. The molecule has 0 aromatic carbocycles. The molecule has 0 radical (unpaired) electrons. The normalized spacial score (nSPS) is 23.1. The van der Waals surface area contributed by atoms with Crippen molar-refractivity contribution in [1.82, 2.24) is 5.32 Å². The van der Waals surface area contributed by atoms with Gasteiger partial charge in [0, 0.05) is 29.8 Å². The van der Waals surface area contributed by atoms with Gasteiger partial charge in [0.25, 0.3) is 0 Å². The van der Waals surface area contributed by atoms with Gasteiger partial charge in [0.2, 0.25) is 0 Å². The van der Waals surface area contributed by atoms with E-state index >= 15 is 0 Å². The average molecular weight is 177 g/mol. The Morgan fingerprint density at radius 2 is 2.00 bits per heavy atom. The summed E-state index contributed by atoms with van der Waals surface area (Å²) in [6.07, 6.45) is 3.67. The first-order chi connectivity index (χ1) is 6.18. The first-order valence-corrected chi connectivity index (χ1v) is 4.87. The van der Waals surface area contributed by atoms with E-state index in [0.29, 0.717) is 5.78 Å². The molecular weight excluding hydrogens is 162 g/mol. The number of hydrogen-bond acceptors (Lipinski definition) is 2. The van der Waals surface area contributed by atoms with Gasteiger partial charge in [0.15, 0.2) is 5.78 Å². The van der Waals surface area contributed by atoms with E-state index in [9.17, 15) is 4.79 Å². The highest BCUT2D eigenvalue weighted by Crippen LogP contribution is 2.30. The molecule has 1 aliphatic heterocycles. The summed E-state index contributed by atoms with van der Waals surface area (Å²) in [7, 11) is 0. The maximum atomic E-state index is 11.6. The molecule has 2 nitrogen and oxygen atoms in total. The molecule has 0 atom stereocenters. The molecule has 1 N–H and O–H groups in total. The minimum absolute atomic E-state index is 0.348. The number of Topliss-reactive ketones (excluding diaryl/α,β-unsaturated/α-hetero) is 1. The van der Waals surface area contributed by atoms with E-state index in [1.54, 1.807) is 0 Å². The van der Waals surface area contributed by atoms with Crippen molar-refractivity contribution < 1.29 is 4.79 Å². The summed E-state index contributed by atoms with van der Waals surface area (Å²) in [5.74, 6) is 0.348. The third-order valence-electron chi connectivity index (χ3n) is 2.95. The molecule has 0 aromatic heterocycles. The van der Waals surface area contributed by atoms with Gasteiger partial charge in [0.1, 0.15) is 0 Å². The van der Waals surface area contributed by atoms with Crippen molar-refractivity contribution >= 4 is 5.78 Å². The van der Waals surface area contributed by atoms with Gasteiger partial charge in [0.05, 0.1) is 0 Å². The fourth-order valence-corrected chi connectivity index (χ4v) is 1.97. The van der Waals surface area contributed by atoms with Gasteiger partial charge in [-0.3, -0.25) is 4.79 Å². The molecule has 0 fully saturated rings. The molecule has 13 heavy (non-hydrogen) atoms. The lowest BCUT2D eigenvalue weighted by Crippen LogP contribution is -2.25. The van der Waals surface area contributed by atoms with Crippen LogP contribution in [0.15, 0.2) is 22.5 Å². The van der Waals surface area contributed by atoms with Crippen molar-refractivity contribution in [3.05, 3.63) is 22.5 Å². The summed E-state index contributed by atoms with van der Waals surface area (Å²) in [5.41, 5.74) is 4.75. The van der Waals surface area contributed by atoms with Crippen LogP contribution in [0.3, 0.4) is 0 Å². The molecule has 0 spiro atoms. The summed E-state index contributed by atoms with van der Waals surface area (Å²) >= 11 is 0. The van der Waals surface area contributed by atoms with Crippen molar-refractivity contribution in [3.8, 4) is 0 Å². The van der Waals surface area contributed by atoms with Crippen molar-refractivity contribution in [3.63, 3.8) is 0 Å². The molecular formula is C11H15NO. The molecule has 0 saturated heterocycles. The van der Waals surface area contributed by atoms with Crippen LogP contribution >= 0.6 is 0 Å². The van der Waals surface area contributed by atoms with Crippen LogP contribution in [-0.2, 0) is 4.79 Å². The molecule has 2 aliphatic rings. The molecule has 0 amide bonds. The van der Waals surface area contributed by atoms with E-state index in [2.05, 4.69) is 19.2 Å². The predicted octanol–water partition coefficient (Wildman–Crippen LogP) is 2.28. The second-order valence-electron chi connectivity index (χ2n) is 3.94. The average Bonchev–Trinajstić information content (AvgIpc) is 2.09. The SMILES string of the molecule is CC1=C(C)NC2=C(C1)C(=O)CCC2. The minimum atomic E-state index is 0.348. The summed E-state index contributed by atoms with van der Waals surface area (Å²) < 4.78 is 0. The molecule has 70 valence electrons. The van der Waals surface area contributed by atoms with Crippen LogP contribution in [0.5, 0.6) is 0 Å². The molecule has 0 saturated carbocycles. The monoisotopic (exact) mass is 177 g/mol. The highest BCUT2D eigenvalue weighted by Gasteiger charge is 2.24. The number of rotatable bonds is 0. The van der Waals surface area contributed by atoms with Gasteiger partial charge in [-0.2, -0.15) is 0 Å². The van der Waals surface area contributed by atoms with Gasteiger partial charge in [-0.1, -0.05) is 0 Å². The third kappa shape index (κ3) is 1.41. The molecule has 1 heterocycles. The third-order valence-corrected chi connectivity index (χ3v) is 2.95. The van der Waals surface area contributed by atoms with E-state index in [-0.39, 0.29) is 0 Å². The van der Waals surface area contributed by atoms with Gasteiger partial charge >= 0.3 is 0 Å². The lowest BCUT2D eigenvalue weighted by atomic mass is 9.88. The Bertz CT molecular complexity index is 323. The van der Waals surface area contributed by atoms with Crippen molar-refractivity contribution in [1.29, 1.82) is 0 Å². The number of hydrogen-bond donors (Lipinski definition) is 1. The first kappa shape index (κ1) is 8.54. The summed E-state index contributed by atoms with van der Waals surface area (Å²) in [6, 6.07) is 0. The van der Waals surface area contributed by atoms with Gasteiger partial charge in [-0.25, -0.2) is 0 Å². The van der Waals surface area contributed by atoms with E-state index in [1.807, 2.05) is 0 Å². The fourth-order valence-electron chi connectivity index (χ4n) is 1.97. The molecule has 2 rings (SSSR count). The van der Waals surface area contributed by atoms with E-state index in [1.165, 1.54) is 17.0 Å². The smallest absolute Gasteiger partial charge is 0.160 e. The minimum Gasteiger partial charge on any atom is -0.362 e. The Labute approximate surface area is 78.7 Å². The molecule has 0 unspecified atom stereocenters. The summed E-state index contributed by atoms with van der Waals surface area (Å²) in [5, 5.41) is 3.34. The highest BCUT2D eigenvalue weighted by atomic mass is 16.1. The first-order valence-electron chi connectivity index (χ1n) is 4.87. The van der Waals surface area contributed by atoms with Crippen LogP contribution in [0.1, 0.15) is 39.5 Å². The number of carbonyl (C=O) groups excluding carboxylic acids is 1. The Kier molecular flexibility index (Phi) is 1.98. The molecule has 2 heteroatoms. The number of dihydropyridines is 1. The quantitative estimate of drug-likeness (QED) is 0.615. The predicted molar refractivity (Wildman–Crippen MR) is 52.0 cm³/mol. The standard InChI is InChI=1S/C11H15NO/c1-7-6-9-10(12-8(7)2)4-3-5-11(9)13/h12H,3-6H2,1-2H3. The maximum Gasteiger partial charge on any atom is 0.160 e. The topological polar surface area (TPSA) is 29.1 Å². The zero-order valence-corrected chi connectivity index (χ0v) is 8.24. The Morgan fingerprint density at radius 1 is 1.23 bits per heavy atom. The van der Waals surface area contributed by atoms with Crippen LogP contribution in [0, 0.1) is 0 Å². The maximum absolute atomic E-state index is 11.6. The summed E-state index contributed by atoms with van der Waals surface area (Å²) in [4.78, 5) is 11.6. The Hall–Kier alpha value is -1.05. The van der Waals surface area contributed by atoms with Gasteiger partial charge in [-0.05, 0) is 32.3 Å². The Balaban J connectivity index is 2.30. The van der Waals surface area contributed by atoms with Crippen LogP contribution in [-0.4, -0.2) is 5.78 Å². The summed E-state index contributed by atoms with van der Waals surface area (Å²) in [6.45, 7) is 4.17. The second-order valence-corrected chi connectivity index (χ2v) is 3.94. The van der Waals surface area contributed by atoms with Crippen molar-refractivity contribution in [2.75, 3.05) is 0 Å². The van der Waals surface area contributed by atoms with Crippen LogP contribution < -0.4 is 5.32 Å². The second kappa shape index (κ2) is 3.02. The largest absolute Gasteiger partial charge is 0.362 e. The van der Waals surface area contributed by atoms with Gasteiger partial charge in [-0.15, -0.1) is 0 Å². The van der Waals surface area contributed by atoms with Crippen LogP contribution in [0.2, 0.25) is 0 Å². The zero-order valence-electron chi connectivity index (χ0n) is 8.24. The van der Waals surface area contributed by atoms with Gasteiger partial charge < -0.3 is 5.32 Å². The van der Waals surface area contributed by atoms with Crippen LogP contribution in [0.4, 0.5) is 0 Å². The van der Waals surface area contributed by atoms with E-state index < -0.39 is 0 Å². The number of carbonyl (C=O) groups is 1. The van der Waals surface area contributed by atoms with Crippen molar-refractivity contribution in [2.24, 2.45) is 0 Å². The number of ketones is 1. The van der Waals surface area contributed by atoms with E-state index in [4.69, 9.17) is 0 Å². The zero-order chi connectivity index (χ0) is 9.42. The van der Waals surface area contributed by atoms with Crippen LogP contribution in [0.25, 0.3) is 0 Å². The Morgan fingerprint density at radius 3 is 2.77 bits per heavy atom. The van der Waals surface area contributed by atoms with Crippen molar-refractivity contribution in [2.45, 2.75) is 39.5 Å². The lowest BCUT2D eigenvalue weighted by Gasteiger charge is -2.26. The molecule has 1 aliphatic carbocycles. The number of nitrogens with one attached hydrogen (secondary N) is 1. The molecule has 0 bridgehead atoms. The lowest BCUT2D eigenvalue weighted by molar-refractivity contribution is -0.116.